The summed E-state index contributed by atoms with van der Waals surface area (Å²) in [6.45, 7) is 1.21. The highest BCUT2D eigenvalue weighted by Crippen LogP contribution is 2.06. The molecular formula is C9H20O2S. The van der Waals surface area contributed by atoms with Crippen molar-refractivity contribution in [1.29, 1.82) is 0 Å². The van der Waals surface area contributed by atoms with Crippen LogP contribution < -0.4 is 0 Å². The Morgan fingerprint density at radius 3 is 2.50 bits per heavy atom. The van der Waals surface area contributed by atoms with Gasteiger partial charge in [-0.2, -0.15) is 11.8 Å². The van der Waals surface area contributed by atoms with E-state index in [2.05, 4.69) is 0 Å². The summed E-state index contributed by atoms with van der Waals surface area (Å²) in [6.07, 6.45) is 4.65. The Morgan fingerprint density at radius 2 is 1.83 bits per heavy atom. The molecule has 1 N–H and O–H groups in total. The van der Waals surface area contributed by atoms with Gasteiger partial charge in [-0.25, -0.2) is 0 Å². The Balaban J connectivity index is 2.73. The number of aliphatic hydroxyl groups excluding tert-OH is 1. The van der Waals surface area contributed by atoms with Crippen LogP contribution in [0, 0.1) is 0 Å². The molecule has 0 saturated carbocycles. The Hall–Kier alpha value is 0.270. The summed E-state index contributed by atoms with van der Waals surface area (Å²) in [7, 11) is 1.74. The highest BCUT2D eigenvalue weighted by atomic mass is 32.2. The first-order valence-corrected chi connectivity index (χ1v) is 5.75. The van der Waals surface area contributed by atoms with Crippen LogP contribution in [0.2, 0.25) is 0 Å². The largest absolute Gasteiger partial charge is 0.396 e. The average Bonchev–Trinajstić information content (AvgIpc) is 2.10. The van der Waals surface area contributed by atoms with Gasteiger partial charge in [-0.1, -0.05) is 12.8 Å². The van der Waals surface area contributed by atoms with Gasteiger partial charge in [-0.05, 0) is 18.6 Å². The lowest BCUT2D eigenvalue weighted by molar-refractivity contribution is 0.218. The lowest BCUT2D eigenvalue weighted by Crippen LogP contribution is -1.93. The second-order valence-electron chi connectivity index (χ2n) is 2.74. The van der Waals surface area contributed by atoms with Crippen molar-refractivity contribution < 1.29 is 9.84 Å². The highest BCUT2D eigenvalue weighted by Gasteiger charge is 1.90. The van der Waals surface area contributed by atoms with Crippen LogP contribution in [0.25, 0.3) is 0 Å². The molecule has 0 aromatic rings. The zero-order valence-electron chi connectivity index (χ0n) is 7.92. The first kappa shape index (κ1) is 12.3. The average molecular weight is 192 g/mol. The fourth-order valence-corrected chi connectivity index (χ4v) is 1.81. The number of hydrogen-bond donors (Lipinski definition) is 1. The molecular weight excluding hydrogens is 172 g/mol. The van der Waals surface area contributed by atoms with Crippen LogP contribution in [0.4, 0.5) is 0 Å². The number of thioether (sulfide) groups is 1. The molecule has 0 aromatic heterocycles. The van der Waals surface area contributed by atoms with Crippen molar-refractivity contribution in [3.63, 3.8) is 0 Å². The molecule has 0 heterocycles. The lowest BCUT2D eigenvalue weighted by Gasteiger charge is -2.00. The molecule has 0 aliphatic heterocycles. The van der Waals surface area contributed by atoms with Gasteiger partial charge in [0.1, 0.15) is 0 Å². The maximum atomic E-state index is 8.52. The monoisotopic (exact) mass is 192 g/mol. The Bertz CT molecular complexity index is 68.9. The maximum Gasteiger partial charge on any atom is 0.0552 e. The summed E-state index contributed by atoms with van der Waals surface area (Å²) in [6, 6.07) is 0. The van der Waals surface area contributed by atoms with E-state index in [-0.39, 0.29) is 0 Å². The van der Waals surface area contributed by atoms with Gasteiger partial charge >= 0.3 is 0 Å². The number of rotatable bonds is 9. The molecule has 0 radical (unpaired) electrons. The van der Waals surface area contributed by atoms with Crippen molar-refractivity contribution in [2.75, 3.05) is 31.8 Å². The number of aliphatic hydroxyl groups is 1. The van der Waals surface area contributed by atoms with E-state index in [9.17, 15) is 0 Å². The number of methoxy groups -OCH3 is 1. The zero-order valence-corrected chi connectivity index (χ0v) is 8.74. The topological polar surface area (TPSA) is 29.5 Å². The molecule has 12 heavy (non-hydrogen) atoms. The SMILES string of the molecule is COCCSCCCCCCO. The van der Waals surface area contributed by atoms with Gasteiger partial charge in [0.25, 0.3) is 0 Å². The summed E-state index contributed by atoms with van der Waals surface area (Å²) < 4.78 is 4.93. The minimum atomic E-state index is 0.344. The first-order chi connectivity index (χ1) is 5.91. The van der Waals surface area contributed by atoms with Crippen LogP contribution in [-0.4, -0.2) is 36.9 Å². The summed E-state index contributed by atoms with van der Waals surface area (Å²) in [5.41, 5.74) is 0. The Morgan fingerprint density at radius 1 is 1.08 bits per heavy atom. The van der Waals surface area contributed by atoms with E-state index in [1.807, 2.05) is 11.8 Å². The molecule has 0 bridgehead atoms. The van der Waals surface area contributed by atoms with Crippen LogP contribution in [0.1, 0.15) is 25.7 Å². The van der Waals surface area contributed by atoms with Gasteiger partial charge in [0.15, 0.2) is 0 Å². The van der Waals surface area contributed by atoms with E-state index in [0.717, 1.165) is 18.8 Å². The molecule has 0 rings (SSSR count). The van der Waals surface area contributed by atoms with E-state index >= 15 is 0 Å². The molecule has 0 aromatic carbocycles. The molecule has 3 heteroatoms. The summed E-state index contributed by atoms with van der Waals surface area (Å²) in [4.78, 5) is 0. The van der Waals surface area contributed by atoms with Gasteiger partial charge < -0.3 is 9.84 Å². The number of unbranched alkanes of at least 4 members (excludes halogenated alkanes) is 3. The second-order valence-corrected chi connectivity index (χ2v) is 3.97. The lowest BCUT2D eigenvalue weighted by atomic mass is 10.2. The summed E-state index contributed by atoms with van der Waals surface area (Å²) in [5.74, 6) is 2.34. The van der Waals surface area contributed by atoms with E-state index in [4.69, 9.17) is 9.84 Å². The quantitative estimate of drug-likeness (QED) is 0.566. The normalized spacial score (nSPS) is 10.5. The van der Waals surface area contributed by atoms with E-state index < -0.39 is 0 Å². The van der Waals surface area contributed by atoms with Gasteiger partial charge in [0.05, 0.1) is 6.61 Å². The van der Waals surface area contributed by atoms with Crippen molar-refractivity contribution in [2.24, 2.45) is 0 Å². The number of hydrogen-bond acceptors (Lipinski definition) is 3. The predicted molar refractivity (Wildman–Crippen MR) is 54.8 cm³/mol. The predicted octanol–water partition coefficient (Wildman–Crippen LogP) is 1.92. The van der Waals surface area contributed by atoms with Crippen LogP contribution in [0.15, 0.2) is 0 Å². The van der Waals surface area contributed by atoms with Crippen LogP contribution in [0.5, 0.6) is 0 Å². The molecule has 2 nitrogen and oxygen atoms in total. The van der Waals surface area contributed by atoms with Crippen LogP contribution >= 0.6 is 11.8 Å². The Labute approximate surface area is 79.7 Å². The van der Waals surface area contributed by atoms with Gasteiger partial charge in [-0.15, -0.1) is 0 Å². The van der Waals surface area contributed by atoms with E-state index in [1.54, 1.807) is 7.11 Å². The molecule has 0 unspecified atom stereocenters. The van der Waals surface area contributed by atoms with Crippen LogP contribution in [-0.2, 0) is 4.74 Å². The minimum Gasteiger partial charge on any atom is -0.396 e. The molecule has 0 spiro atoms. The smallest absolute Gasteiger partial charge is 0.0552 e. The summed E-state index contributed by atoms with van der Waals surface area (Å²) >= 11 is 1.95. The van der Waals surface area contributed by atoms with Crippen molar-refractivity contribution in [3.05, 3.63) is 0 Å². The van der Waals surface area contributed by atoms with Crippen molar-refractivity contribution in [1.82, 2.24) is 0 Å². The maximum absolute atomic E-state index is 8.52. The number of ether oxygens (including phenoxy) is 1. The third kappa shape index (κ3) is 10.3. The molecule has 0 fully saturated rings. The van der Waals surface area contributed by atoms with E-state index in [1.165, 1.54) is 25.0 Å². The second kappa shape index (κ2) is 11.3. The first-order valence-electron chi connectivity index (χ1n) is 4.59. The Kier molecular flexibility index (Phi) is 11.5. The van der Waals surface area contributed by atoms with Gasteiger partial charge in [0.2, 0.25) is 0 Å². The van der Waals surface area contributed by atoms with E-state index in [0.29, 0.717) is 6.61 Å². The molecule has 0 aliphatic carbocycles. The standard InChI is InChI=1S/C9H20O2S/c1-11-7-9-12-8-5-3-2-4-6-10/h10H,2-9H2,1H3. The fraction of sp³-hybridized carbons (Fsp3) is 1.00. The highest BCUT2D eigenvalue weighted by molar-refractivity contribution is 7.99. The minimum absolute atomic E-state index is 0.344. The van der Waals surface area contributed by atoms with Crippen molar-refractivity contribution in [2.45, 2.75) is 25.7 Å². The molecule has 0 atom stereocenters. The molecule has 74 valence electrons. The summed E-state index contributed by atoms with van der Waals surface area (Å²) in [5, 5.41) is 8.52. The molecule has 0 amide bonds. The molecule has 0 saturated heterocycles. The van der Waals surface area contributed by atoms with Crippen molar-refractivity contribution in [3.8, 4) is 0 Å². The van der Waals surface area contributed by atoms with Gasteiger partial charge in [-0.3, -0.25) is 0 Å². The van der Waals surface area contributed by atoms with Crippen LogP contribution in [0.3, 0.4) is 0 Å². The third-order valence-corrected chi connectivity index (χ3v) is 2.66. The van der Waals surface area contributed by atoms with Crippen molar-refractivity contribution >= 4 is 11.8 Å². The zero-order chi connectivity index (χ0) is 9.07. The molecule has 0 aliphatic rings. The fourth-order valence-electron chi connectivity index (χ4n) is 0.914. The van der Waals surface area contributed by atoms with Gasteiger partial charge in [0, 0.05) is 19.5 Å². The third-order valence-electron chi connectivity index (χ3n) is 1.63.